The number of furan rings is 1. The lowest BCUT2D eigenvalue weighted by molar-refractivity contribution is 0.527. The number of nitrogens with zero attached hydrogens (tertiary/aromatic N) is 1. The second kappa shape index (κ2) is 4.45. The molecule has 0 aromatic carbocycles. The van der Waals surface area contributed by atoms with Gasteiger partial charge in [0, 0.05) is 11.8 Å². The van der Waals surface area contributed by atoms with Gasteiger partial charge in [0.1, 0.15) is 11.6 Å². The van der Waals surface area contributed by atoms with Crippen molar-refractivity contribution in [2.75, 3.05) is 7.05 Å². The highest BCUT2D eigenvalue weighted by Gasteiger charge is 2.14. The quantitative estimate of drug-likeness (QED) is 0.863. The monoisotopic (exact) mass is 220 g/mol. The van der Waals surface area contributed by atoms with Gasteiger partial charge in [-0.2, -0.15) is 0 Å². The van der Waals surface area contributed by atoms with Crippen LogP contribution in [0.3, 0.4) is 0 Å². The fraction of sp³-hybridized carbons (Fsp3) is 0.250. The minimum atomic E-state index is -0.335. The summed E-state index contributed by atoms with van der Waals surface area (Å²) < 4.78 is 18.3. The summed E-state index contributed by atoms with van der Waals surface area (Å²) >= 11 is 0. The van der Waals surface area contributed by atoms with Crippen LogP contribution in [0.4, 0.5) is 4.39 Å². The van der Waals surface area contributed by atoms with E-state index in [1.165, 1.54) is 12.3 Å². The lowest BCUT2D eigenvalue weighted by Crippen LogP contribution is -2.17. The van der Waals surface area contributed by atoms with Gasteiger partial charge in [-0.3, -0.25) is 4.98 Å². The number of hydrogen-bond donors (Lipinski definition) is 1. The highest BCUT2D eigenvalue weighted by Crippen LogP contribution is 2.23. The molecule has 84 valence electrons. The van der Waals surface area contributed by atoms with E-state index in [1.54, 1.807) is 12.5 Å². The predicted molar refractivity (Wildman–Crippen MR) is 58.5 cm³/mol. The van der Waals surface area contributed by atoms with Crippen molar-refractivity contribution in [2.45, 2.75) is 13.0 Å². The van der Waals surface area contributed by atoms with Gasteiger partial charge in [-0.15, -0.1) is 0 Å². The second-order valence-electron chi connectivity index (χ2n) is 3.65. The van der Waals surface area contributed by atoms with Gasteiger partial charge in [0.2, 0.25) is 0 Å². The average Bonchev–Trinajstić information content (AvgIpc) is 2.66. The Kier molecular flexibility index (Phi) is 3.01. The smallest absolute Gasteiger partial charge is 0.141 e. The van der Waals surface area contributed by atoms with Crippen molar-refractivity contribution in [1.82, 2.24) is 10.3 Å². The zero-order valence-corrected chi connectivity index (χ0v) is 9.20. The van der Waals surface area contributed by atoms with Crippen molar-refractivity contribution in [3.05, 3.63) is 53.5 Å². The van der Waals surface area contributed by atoms with Crippen molar-refractivity contribution in [3.63, 3.8) is 0 Å². The molecule has 0 bridgehead atoms. The van der Waals surface area contributed by atoms with E-state index in [9.17, 15) is 4.39 Å². The Bertz CT molecular complexity index is 481. The van der Waals surface area contributed by atoms with Crippen molar-refractivity contribution >= 4 is 0 Å². The lowest BCUT2D eigenvalue weighted by atomic mass is 10.0. The van der Waals surface area contributed by atoms with Crippen LogP contribution in [0.2, 0.25) is 0 Å². The molecular weight excluding hydrogens is 207 g/mol. The molecule has 0 aliphatic rings. The fourth-order valence-corrected chi connectivity index (χ4v) is 1.73. The van der Waals surface area contributed by atoms with E-state index in [2.05, 4.69) is 10.3 Å². The third kappa shape index (κ3) is 2.12. The van der Waals surface area contributed by atoms with Crippen molar-refractivity contribution < 1.29 is 8.81 Å². The average molecular weight is 220 g/mol. The highest BCUT2D eigenvalue weighted by molar-refractivity contribution is 5.28. The van der Waals surface area contributed by atoms with Gasteiger partial charge >= 0.3 is 0 Å². The van der Waals surface area contributed by atoms with E-state index in [-0.39, 0.29) is 11.9 Å². The highest BCUT2D eigenvalue weighted by atomic mass is 19.1. The largest absolute Gasteiger partial charge is 0.469 e. The number of rotatable bonds is 3. The molecule has 0 spiro atoms. The molecule has 2 heterocycles. The Hall–Kier alpha value is -1.68. The summed E-state index contributed by atoms with van der Waals surface area (Å²) in [5.41, 5.74) is 1.75. The Morgan fingerprint density at radius 1 is 1.31 bits per heavy atom. The molecule has 0 amide bonds. The molecule has 1 unspecified atom stereocenters. The number of aromatic nitrogens is 1. The summed E-state index contributed by atoms with van der Waals surface area (Å²) in [7, 11) is 1.82. The molecular formula is C12H13FN2O. The first-order chi connectivity index (χ1) is 7.70. The number of halogens is 1. The summed E-state index contributed by atoms with van der Waals surface area (Å²) in [5.74, 6) is 0.498. The van der Waals surface area contributed by atoms with Crippen LogP contribution in [-0.4, -0.2) is 12.0 Å². The molecule has 0 aliphatic heterocycles. The first-order valence-electron chi connectivity index (χ1n) is 5.03. The molecule has 2 aromatic rings. The molecule has 0 saturated carbocycles. The molecule has 0 fully saturated rings. The predicted octanol–water partition coefficient (Wildman–Crippen LogP) is 2.43. The maximum absolute atomic E-state index is 13.1. The van der Waals surface area contributed by atoms with E-state index >= 15 is 0 Å². The molecule has 0 radical (unpaired) electrons. The topological polar surface area (TPSA) is 38.1 Å². The summed E-state index contributed by atoms with van der Waals surface area (Å²) in [4.78, 5) is 3.84. The van der Waals surface area contributed by atoms with Crippen LogP contribution in [-0.2, 0) is 0 Å². The molecule has 1 atom stereocenters. The van der Waals surface area contributed by atoms with Crippen LogP contribution < -0.4 is 5.32 Å². The number of aryl methyl sites for hydroxylation is 1. The van der Waals surface area contributed by atoms with Gasteiger partial charge in [0.25, 0.3) is 0 Å². The minimum absolute atomic E-state index is 0.0966. The molecule has 0 saturated heterocycles. The molecule has 16 heavy (non-hydrogen) atoms. The summed E-state index contributed by atoms with van der Waals surface area (Å²) in [6.07, 6.45) is 4.50. The second-order valence-corrected chi connectivity index (χ2v) is 3.65. The van der Waals surface area contributed by atoms with Crippen LogP contribution in [0.5, 0.6) is 0 Å². The number of nitrogens with one attached hydrogen (secondary N) is 1. The van der Waals surface area contributed by atoms with E-state index in [4.69, 9.17) is 4.42 Å². The Morgan fingerprint density at radius 2 is 2.12 bits per heavy atom. The first-order valence-corrected chi connectivity index (χ1v) is 5.03. The van der Waals surface area contributed by atoms with Gasteiger partial charge in [0.05, 0.1) is 18.5 Å². The summed E-state index contributed by atoms with van der Waals surface area (Å²) in [6.45, 7) is 1.88. The van der Waals surface area contributed by atoms with Crippen molar-refractivity contribution in [1.29, 1.82) is 0 Å². The van der Waals surface area contributed by atoms with Crippen LogP contribution in [0, 0.1) is 12.7 Å². The SMILES string of the molecule is CNC(c1cncc(F)c1)c1coc(C)c1. The minimum Gasteiger partial charge on any atom is -0.469 e. The van der Waals surface area contributed by atoms with E-state index in [1.807, 2.05) is 20.0 Å². The van der Waals surface area contributed by atoms with Gasteiger partial charge in [-0.05, 0) is 31.7 Å². The Morgan fingerprint density at radius 3 is 2.69 bits per heavy atom. The third-order valence-electron chi connectivity index (χ3n) is 2.43. The summed E-state index contributed by atoms with van der Waals surface area (Å²) in [6, 6.07) is 3.29. The van der Waals surface area contributed by atoms with Crippen molar-refractivity contribution in [2.24, 2.45) is 0 Å². The molecule has 4 heteroatoms. The lowest BCUT2D eigenvalue weighted by Gasteiger charge is -2.14. The summed E-state index contributed by atoms with van der Waals surface area (Å²) in [5, 5.41) is 3.11. The molecule has 2 aromatic heterocycles. The first kappa shape index (κ1) is 10.8. The van der Waals surface area contributed by atoms with Crippen LogP contribution in [0.1, 0.15) is 22.9 Å². The van der Waals surface area contributed by atoms with E-state index < -0.39 is 0 Å². The number of hydrogen-bond acceptors (Lipinski definition) is 3. The molecule has 3 nitrogen and oxygen atoms in total. The van der Waals surface area contributed by atoms with Gasteiger partial charge in [-0.25, -0.2) is 4.39 Å². The van der Waals surface area contributed by atoms with Crippen LogP contribution >= 0.6 is 0 Å². The maximum Gasteiger partial charge on any atom is 0.141 e. The zero-order valence-electron chi connectivity index (χ0n) is 9.20. The Labute approximate surface area is 93.3 Å². The fourth-order valence-electron chi connectivity index (χ4n) is 1.73. The third-order valence-corrected chi connectivity index (χ3v) is 2.43. The molecule has 0 aliphatic carbocycles. The van der Waals surface area contributed by atoms with Gasteiger partial charge in [-0.1, -0.05) is 0 Å². The van der Waals surface area contributed by atoms with Gasteiger partial charge < -0.3 is 9.73 Å². The van der Waals surface area contributed by atoms with E-state index in [0.29, 0.717) is 0 Å². The standard InChI is InChI=1S/C12H13FN2O/c1-8-3-10(7-16-8)12(14-2)9-4-11(13)6-15-5-9/h3-7,12,14H,1-2H3. The molecule has 2 rings (SSSR count). The number of pyridine rings is 1. The normalized spacial score (nSPS) is 12.7. The maximum atomic E-state index is 13.1. The zero-order chi connectivity index (χ0) is 11.5. The van der Waals surface area contributed by atoms with Gasteiger partial charge in [0.15, 0.2) is 0 Å². The van der Waals surface area contributed by atoms with Crippen LogP contribution in [0.25, 0.3) is 0 Å². The van der Waals surface area contributed by atoms with E-state index in [0.717, 1.165) is 16.9 Å². The Balaban J connectivity index is 2.36. The molecule has 1 N–H and O–H groups in total. The van der Waals surface area contributed by atoms with Crippen LogP contribution in [0.15, 0.2) is 35.2 Å². The van der Waals surface area contributed by atoms with Crippen molar-refractivity contribution in [3.8, 4) is 0 Å².